The van der Waals surface area contributed by atoms with Gasteiger partial charge in [0, 0.05) is 37.9 Å². The molecule has 1 aliphatic rings. The van der Waals surface area contributed by atoms with Crippen LogP contribution >= 0.6 is 7.82 Å². The first-order valence-electron chi connectivity index (χ1n) is 15.6. The van der Waals surface area contributed by atoms with E-state index in [0.29, 0.717) is 5.69 Å². The second kappa shape index (κ2) is 19.1. The number of hydrogen-bond donors (Lipinski definition) is 9. The van der Waals surface area contributed by atoms with Crippen molar-refractivity contribution in [1.82, 2.24) is 36.1 Å². The Kier molecular flexibility index (Phi) is 15.9. The monoisotopic (exact) mass is 731 g/mol. The highest BCUT2D eigenvalue weighted by molar-refractivity contribution is 7.46. The van der Waals surface area contributed by atoms with Gasteiger partial charge >= 0.3 is 7.82 Å². The third-order valence-corrected chi connectivity index (χ3v) is 8.04. The zero-order chi connectivity index (χ0) is 37.8. The molecule has 50 heavy (non-hydrogen) atoms. The highest BCUT2D eigenvalue weighted by Gasteiger charge is 2.41. The van der Waals surface area contributed by atoms with E-state index in [1.165, 1.54) is 30.6 Å². The summed E-state index contributed by atoms with van der Waals surface area (Å²) in [5.74, 6) is -5.27. The molecule has 2 heterocycles. The second-order valence-electron chi connectivity index (χ2n) is 12.0. The predicted molar refractivity (Wildman–Crippen MR) is 173 cm³/mol. The van der Waals surface area contributed by atoms with Crippen molar-refractivity contribution in [1.29, 1.82) is 0 Å². The van der Waals surface area contributed by atoms with E-state index < -0.39 is 86.4 Å². The molecule has 22 heteroatoms. The van der Waals surface area contributed by atoms with Crippen molar-refractivity contribution in [3.05, 3.63) is 18.2 Å². The minimum absolute atomic E-state index is 0.105. The van der Waals surface area contributed by atoms with Crippen LogP contribution in [0, 0.1) is 5.92 Å². The van der Waals surface area contributed by atoms with E-state index in [1.807, 2.05) is 0 Å². The molecule has 1 saturated heterocycles. The Bertz CT molecular complexity index is 1420. The minimum Gasteiger partial charge on any atom is -0.394 e. The maximum Gasteiger partial charge on any atom is 0.469 e. The van der Waals surface area contributed by atoms with Gasteiger partial charge in [-0.1, -0.05) is 19.0 Å². The molecule has 1 fully saturated rings. The van der Waals surface area contributed by atoms with E-state index in [9.17, 15) is 38.4 Å². The maximum atomic E-state index is 13.7. The topological polar surface area (TPSA) is 317 Å². The van der Waals surface area contributed by atoms with Crippen LogP contribution in [0.3, 0.4) is 0 Å². The number of H-pyrrole nitrogens is 1. The van der Waals surface area contributed by atoms with E-state index in [-0.39, 0.29) is 37.6 Å². The first-order valence-corrected chi connectivity index (χ1v) is 17.1. The molecule has 0 aromatic carbocycles. The van der Waals surface area contributed by atoms with E-state index in [1.54, 1.807) is 20.8 Å². The van der Waals surface area contributed by atoms with Crippen molar-refractivity contribution in [3.8, 4) is 0 Å². The van der Waals surface area contributed by atoms with Crippen molar-refractivity contribution in [2.24, 2.45) is 16.8 Å². The lowest BCUT2D eigenvalue weighted by atomic mass is 10.0. The molecule has 1 aliphatic heterocycles. The molecule has 6 amide bonds. The Morgan fingerprint density at radius 3 is 2.22 bits per heavy atom. The molecule has 7 atom stereocenters. The summed E-state index contributed by atoms with van der Waals surface area (Å²) in [6.45, 7) is 6.71. The summed E-state index contributed by atoms with van der Waals surface area (Å²) in [7, 11) is -5.09. The molecular weight excluding hydrogens is 685 g/mol. The van der Waals surface area contributed by atoms with Crippen LogP contribution in [0.5, 0.6) is 0 Å². The van der Waals surface area contributed by atoms with Gasteiger partial charge in [0.1, 0.15) is 36.3 Å². The first kappa shape index (κ1) is 41.7. The lowest BCUT2D eigenvalue weighted by Crippen LogP contribution is -2.61. The summed E-state index contributed by atoms with van der Waals surface area (Å²) < 4.78 is 15.7. The standard InChI is InChI=1S/C28H46N9O12P/c1-6-32-48-18-9-22(37(11-18)16(5)39)28(44)34-19(7-14(2)3)25(41)33-20(8-17-10-30-13-31-17)26(42)35-21(12-38)27(43)36-23(24(29)40)15(4)49-50(45,46)47/h6,10,13-15,18-23,38H,7-9,11-12H2,1-5H3,(H2,29,40)(H,30,31)(H,33,41)(H,34,44)(H,35,42)(H,36,43)(H2,45,46,47)/b32-6+/t15-,18?,19+,20+,21+,22+,23+/m1/s1. The smallest absolute Gasteiger partial charge is 0.394 e. The number of likely N-dealkylation sites (tertiary alicyclic amines) is 1. The van der Waals surface area contributed by atoms with Crippen LogP contribution in [0.2, 0.25) is 0 Å². The molecule has 0 aliphatic carbocycles. The van der Waals surface area contributed by atoms with Gasteiger partial charge in [-0.15, -0.1) is 0 Å². The number of nitrogens with one attached hydrogen (secondary N) is 5. The third kappa shape index (κ3) is 13.1. The number of imidazole rings is 1. The normalized spacial score (nSPS) is 19.3. The fourth-order valence-electron chi connectivity index (χ4n) is 5.10. The number of rotatable bonds is 19. The van der Waals surface area contributed by atoms with Crippen LogP contribution in [0.15, 0.2) is 17.7 Å². The Balaban J connectivity index is 2.26. The molecule has 280 valence electrons. The van der Waals surface area contributed by atoms with Gasteiger partial charge in [0.15, 0.2) is 0 Å². The number of aliphatic hydroxyl groups excluding tert-OH is 1. The molecule has 1 unspecified atom stereocenters. The van der Waals surface area contributed by atoms with Crippen LogP contribution < -0.4 is 27.0 Å². The van der Waals surface area contributed by atoms with E-state index >= 15 is 0 Å². The number of nitrogens with zero attached hydrogens (tertiary/aromatic N) is 3. The van der Waals surface area contributed by atoms with Crippen LogP contribution in [-0.4, -0.2) is 127 Å². The van der Waals surface area contributed by atoms with E-state index in [4.69, 9.17) is 20.4 Å². The van der Waals surface area contributed by atoms with Gasteiger partial charge in [-0.2, -0.15) is 0 Å². The summed E-state index contributed by atoms with van der Waals surface area (Å²) >= 11 is 0. The molecule has 2 rings (SSSR count). The average molecular weight is 732 g/mol. The maximum absolute atomic E-state index is 13.7. The summed E-state index contributed by atoms with van der Waals surface area (Å²) in [6, 6.07) is -7.05. The highest BCUT2D eigenvalue weighted by Crippen LogP contribution is 2.38. The number of phosphoric acid groups is 1. The van der Waals surface area contributed by atoms with Crippen LogP contribution in [-0.2, 0) is 49.1 Å². The van der Waals surface area contributed by atoms with Gasteiger partial charge in [-0.25, -0.2) is 9.55 Å². The quantitative estimate of drug-likeness (QED) is 0.0388. The number of phosphoric ester groups is 1. The van der Waals surface area contributed by atoms with Gasteiger partial charge in [-0.05, 0) is 26.2 Å². The molecule has 0 bridgehead atoms. The molecule has 1 aromatic rings. The Hall–Kier alpha value is -4.43. The fraction of sp³-hybridized carbons (Fsp3) is 0.643. The average Bonchev–Trinajstić information content (AvgIpc) is 3.69. The fourth-order valence-corrected chi connectivity index (χ4v) is 5.66. The summed E-state index contributed by atoms with van der Waals surface area (Å²) in [4.78, 5) is 109. The molecule has 10 N–H and O–H groups in total. The van der Waals surface area contributed by atoms with Crippen molar-refractivity contribution in [2.75, 3.05) is 13.2 Å². The van der Waals surface area contributed by atoms with Crippen molar-refractivity contribution < 1.29 is 57.6 Å². The molecule has 21 nitrogen and oxygen atoms in total. The number of amides is 6. The predicted octanol–water partition coefficient (Wildman–Crippen LogP) is -3.08. The van der Waals surface area contributed by atoms with Crippen LogP contribution in [0.25, 0.3) is 0 Å². The highest BCUT2D eigenvalue weighted by atomic mass is 31.2. The number of aromatic amines is 1. The van der Waals surface area contributed by atoms with Crippen LogP contribution in [0.1, 0.15) is 53.2 Å². The SMILES string of the molecule is C/C=N/OC1C[C@@H](C(=O)N[C@@H](CC(C)C)C(=O)N[C@@H](Cc2cnc[nH]2)C(=O)N[C@@H](CO)C(=O)N[C@H](C(N)=O)[C@@H](C)OP(=O)(O)O)N(C(C)=O)C1. The van der Waals surface area contributed by atoms with Crippen molar-refractivity contribution >= 4 is 49.5 Å². The number of nitrogens with two attached hydrogens (primary N) is 1. The van der Waals surface area contributed by atoms with Gasteiger partial charge in [0.05, 0.1) is 25.6 Å². The summed E-state index contributed by atoms with van der Waals surface area (Å²) in [5, 5.41) is 23.2. The largest absolute Gasteiger partial charge is 0.469 e. The van der Waals surface area contributed by atoms with Gasteiger partial charge in [-0.3, -0.25) is 33.3 Å². The number of carbonyl (C=O) groups is 6. The molecule has 0 radical (unpaired) electrons. The van der Waals surface area contributed by atoms with Gasteiger partial charge < -0.3 is 56.6 Å². The molecular formula is C28H46N9O12P. The van der Waals surface area contributed by atoms with Gasteiger partial charge in [0.25, 0.3) is 0 Å². The summed E-state index contributed by atoms with van der Waals surface area (Å²) in [5.41, 5.74) is 5.65. The minimum atomic E-state index is -5.09. The lowest BCUT2D eigenvalue weighted by molar-refractivity contribution is -0.139. The Morgan fingerprint density at radius 1 is 1.08 bits per heavy atom. The Labute approximate surface area is 287 Å². The van der Waals surface area contributed by atoms with Crippen LogP contribution in [0.4, 0.5) is 0 Å². The van der Waals surface area contributed by atoms with E-state index in [0.717, 1.165) is 6.92 Å². The Morgan fingerprint density at radius 2 is 1.70 bits per heavy atom. The number of carbonyl (C=O) groups excluding carboxylic acids is 6. The second-order valence-corrected chi connectivity index (χ2v) is 13.2. The molecule has 1 aromatic heterocycles. The number of primary amides is 1. The summed E-state index contributed by atoms with van der Waals surface area (Å²) in [6.07, 6.45) is 2.03. The molecule has 0 saturated carbocycles. The zero-order valence-corrected chi connectivity index (χ0v) is 29.2. The lowest BCUT2D eigenvalue weighted by Gasteiger charge is -2.28. The first-order chi connectivity index (χ1) is 23.4. The van der Waals surface area contributed by atoms with Gasteiger partial charge in [0.2, 0.25) is 35.4 Å². The number of aliphatic hydroxyl groups is 1. The number of hydrogen-bond acceptors (Lipinski definition) is 12. The van der Waals surface area contributed by atoms with Crippen molar-refractivity contribution in [2.45, 2.75) is 96.3 Å². The van der Waals surface area contributed by atoms with Crippen molar-refractivity contribution in [3.63, 3.8) is 0 Å². The number of oxime groups is 1. The zero-order valence-electron chi connectivity index (χ0n) is 28.3. The van der Waals surface area contributed by atoms with E-state index in [2.05, 4.69) is 40.9 Å². The third-order valence-electron chi connectivity index (χ3n) is 7.43. The number of aromatic nitrogens is 2. The molecule has 0 spiro atoms.